The number of aromatic nitrogens is 3. The smallest absolute Gasteiger partial charge is 0.164 e. The summed E-state index contributed by atoms with van der Waals surface area (Å²) in [7, 11) is 0. The van der Waals surface area contributed by atoms with Crippen LogP contribution in [0.5, 0.6) is 0 Å². The minimum Gasteiger partial charge on any atom is -0.464 e. The lowest BCUT2D eigenvalue weighted by Crippen LogP contribution is -2.14. The summed E-state index contributed by atoms with van der Waals surface area (Å²) >= 11 is 0. The van der Waals surface area contributed by atoms with E-state index in [1.54, 1.807) is 24.3 Å². The van der Waals surface area contributed by atoms with Crippen LogP contribution in [0.2, 0.25) is 0 Å². The van der Waals surface area contributed by atoms with Crippen LogP contribution in [0.25, 0.3) is 100 Å². The third-order valence-corrected chi connectivity index (χ3v) is 10.6. The van der Waals surface area contributed by atoms with Crippen molar-refractivity contribution in [1.29, 1.82) is 0 Å². The highest BCUT2D eigenvalue weighted by atomic mass is 16.3. The quantitative estimate of drug-likeness (QED) is 0.178. The summed E-state index contributed by atoms with van der Waals surface area (Å²) in [6, 6.07) is 49.5. The molecule has 0 radical (unpaired) electrons. The number of furan rings is 2. The van der Waals surface area contributed by atoms with Gasteiger partial charge in [0.25, 0.3) is 0 Å². The molecule has 0 atom stereocenters. The fraction of sp³-hybridized carbons (Fsp3) is 0.0600. The van der Waals surface area contributed by atoms with Crippen molar-refractivity contribution >= 4 is 32.9 Å². The number of hydrogen-bond acceptors (Lipinski definition) is 5. The first-order chi connectivity index (χ1) is 29.9. The first-order valence-electron chi connectivity index (χ1n) is 21.5. The van der Waals surface area contributed by atoms with Crippen molar-refractivity contribution in [3.63, 3.8) is 0 Å². The molecular formula is C50H33N3O2. The van der Waals surface area contributed by atoms with E-state index < -0.39 is 19.1 Å². The normalized spacial score (nSPS) is 15.4. The Bertz CT molecular complexity index is 3340. The van der Waals surface area contributed by atoms with Crippen LogP contribution in [-0.2, 0) is 5.41 Å². The molecule has 7 aromatic carbocycles. The molecule has 0 aliphatic heterocycles. The van der Waals surface area contributed by atoms with E-state index in [9.17, 15) is 0 Å². The van der Waals surface area contributed by atoms with Gasteiger partial charge in [-0.25, -0.2) is 15.0 Å². The molecule has 1 aliphatic carbocycles. The van der Waals surface area contributed by atoms with E-state index in [2.05, 4.69) is 0 Å². The maximum atomic E-state index is 8.84. The number of fused-ring (bicyclic) bond motifs is 8. The van der Waals surface area contributed by atoms with Crippen LogP contribution < -0.4 is 0 Å². The topological polar surface area (TPSA) is 65.0 Å². The number of rotatable bonds is 5. The molecule has 0 fully saturated rings. The zero-order valence-corrected chi connectivity index (χ0v) is 29.2. The van der Waals surface area contributed by atoms with Gasteiger partial charge in [0, 0.05) is 63.2 Å². The Morgan fingerprint density at radius 3 is 1.71 bits per heavy atom. The Balaban J connectivity index is 1.06. The van der Waals surface area contributed by atoms with Gasteiger partial charge in [-0.3, -0.25) is 0 Å². The highest BCUT2D eigenvalue weighted by Crippen LogP contribution is 2.52. The Morgan fingerprint density at radius 1 is 0.473 bits per heavy atom. The maximum absolute atomic E-state index is 8.84. The van der Waals surface area contributed by atoms with E-state index >= 15 is 0 Å². The molecule has 0 unspecified atom stereocenters. The zero-order valence-electron chi connectivity index (χ0n) is 36.2. The molecule has 5 heteroatoms. The van der Waals surface area contributed by atoms with Crippen molar-refractivity contribution in [2.24, 2.45) is 0 Å². The number of benzene rings is 7. The monoisotopic (exact) mass is 714 g/mol. The standard InChI is InChI=1S/C50H33N3O2/c1-50(2)41-25-23-30-26-27-54-44(30)43(41)40-24-22-34(29-42(40)50)37-19-11-21-39-38-20-10-18-36(45(38)55-46(37)39)33-16-9-17-35(28-33)49-52-47(31-12-5-3-6-13-31)51-48(53-49)32-14-7-4-8-15-32/h3-29H,1-2H3/i1D3,2D3,27D. The van der Waals surface area contributed by atoms with Gasteiger partial charge in [-0.1, -0.05) is 153 Å². The molecule has 3 heterocycles. The Morgan fingerprint density at radius 2 is 1.05 bits per heavy atom. The van der Waals surface area contributed by atoms with E-state index in [0.717, 1.165) is 38.6 Å². The third kappa shape index (κ3) is 4.90. The summed E-state index contributed by atoms with van der Waals surface area (Å²) < 4.78 is 73.8. The number of nitrogens with zero attached hydrogens (tertiary/aromatic N) is 3. The molecule has 1 aliphatic rings. The number of hydrogen-bond donors (Lipinski definition) is 0. The van der Waals surface area contributed by atoms with Gasteiger partial charge in [0.05, 0.1) is 6.24 Å². The average Bonchev–Trinajstić information content (AvgIpc) is 3.96. The molecule has 0 spiro atoms. The third-order valence-electron chi connectivity index (χ3n) is 10.6. The summed E-state index contributed by atoms with van der Waals surface area (Å²) in [6.45, 7) is -5.97. The van der Waals surface area contributed by atoms with E-state index in [1.165, 1.54) is 6.07 Å². The van der Waals surface area contributed by atoms with Crippen molar-refractivity contribution in [3.05, 3.63) is 175 Å². The summed E-state index contributed by atoms with van der Waals surface area (Å²) in [5.74, 6) is 1.65. The van der Waals surface area contributed by atoms with E-state index in [1.807, 2.05) is 127 Å². The lowest BCUT2D eigenvalue weighted by atomic mass is 9.81. The van der Waals surface area contributed by atoms with Gasteiger partial charge in [-0.05, 0) is 46.0 Å². The van der Waals surface area contributed by atoms with E-state index in [4.69, 9.17) is 33.4 Å². The predicted molar refractivity (Wildman–Crippen MR) is 222 cm³/mol. The van der Waals surface area contributed by atoms with Gasteiger partial charge in [0.1, 0.15) is 18.1 Å². The van der Waals surface area contributed by atoms with Gasteiger partial charge < -0.3 is 8.83 Å². The SMILES string of the molecule is [2H]c1cc2ccc3c(c2o1)-c1ccc(-c2cccc4c2oc2c(-c5cccc(-c6nc(-c7ccccc7)nc(-c7ccccc7)n6)c5)cccc24)cc1C3(C([2H])([2H])[2H])C([2H])([2H])[2H]. The fourth-order valence-corrected chi connectivity index (χ4v) is 7.98. The molecule has 260 valence electrons. The van der Waals surface area contributed by atoms with E-state index in [-0.39, 0.29) is 22.9 Å². The van der Waals surface area contributed by atoms with Crippen LogP contribution in [-0.4, -0.2) is 15.0 Å². The molecule has 55 heavy (non-hydrogen) atoms. The van der Waals surface area contributed by atoms with E-state index in [0.29, 0.717) is 56.3 Å². The summed E-state index contributed by atoms with van der Waals surface area (Å²) in [6.07, 6.45) is -0.102. The molecule has 0 saturated carbocycles. The van der Waals surface area contributed by atoms with Crippen molar-refractivity contribution in [2.75, 3.05) is 0 Å². The molecule has 11 rings (SSSR count). The summed E-state index contributed by atoms with van der Waals surface area (Å²) in [4.78, 5) is 14.7. The van der Waals surface area contributed by atoms with Crippen molar-refractivity contribution in [2.45, 2.75) is 19.1 Å². The molecule has 0 bridgehead atoms. The Labute approximate surface area is 327 Å². The van der Waals surface area contributed by atoms with Crippen LogP contribution >= 0.6 is 0 Å². The molecule has 10 aromatic rings. The lowest BCUT2D eigenvalue weighted by molar-refractivity contribution is 0.614. The van der Waals surface area contributed by atoms with Crippen molar-refractivity contribution in [3.8, 4) is 67.5 Å². The number of para-hydroxylation sites is 2. The predicted octanol–water partition coefficient (Wildman–Crippen LogP) is 13.2. The van der Waals surface area contributed by atoms with Gasteiger partial charge in [-0.2, -0.15) is 0 Å². The first-order valence-corrected chi connectivity index (χ1v) is 18.0. The molecular weight excluding hydrogens is 675 g/mol. The summed E-state index contributed by atoms with van der Waals surface area (Å²) in [5, 5.41) is 2.31. The second-order valence-electron chi connectivity index (χ2n) is 13.9. The zero-order chi connectivity index (χ0) is 42.5. The maximum Gasteiger partial charge on any atom is 0.164 e. The van der Waals surface area contributed by atoms with Crippen LogP contribution in [0.4, 0.5) is 0 Å². The van der Waals surface area contributed by atoms with Crippen LogP contribution in [0, 0.1) is 0 Å². The Hall–Kier alpha value is -7.11. The van der Waals surface area contributed by atoms with Crippen LogP contribution in [0.3, 0.4) is 0 Å². The average molecular weight is 715 g/mol. The van der Waals surface area contributed by atoms with Gasteiger partial charge in [0.15, 0.2) is 17.5 Å². The first kappa shape index (κ1) is 25.0. The van der Waals surface area contributed by atoms with Gasteiger partial charge >= 0.3 is 0 Å². The summed E-state index contributed by atoms with van der Waals surface area (Å²) in [5.41, 5.74) is 5.78. The van der Waals surface area contributed by atoms with Gasteiger partial charge in [-0.15, -0.1) is 0 Å². The molecule has 5 nitrogen and oxygen atoms in total. The molecule has 0 N–H and O–H groups in total. The Kier molecular flexibility index (Phi) is 5.43. The highest BCUT2D eigenvalue weighted by molar-refractivity contribution is 6.13. The molecule has 0 amide bonds. The second-order valence-corrected chi connectivity index (χ2v) is 13.9. The van der Waals surface area contributed by atoms with Crippen LogP contribution in [0.1, 0.15) is 34.4 Å². The minimum atomic E-state index is -2.98. The molecule has 0 saturated heterocycles. The molecule has 3 aromatic heterocycles. The van der Waals surface area contributed by atoms with Crippen LogP contribution in [0.15, 0.2) is 173 Å². The van der Waals surface area contributed by atoms with Crippen molar-refractivity contribution in [1.82, 2.24) is 15.0 Å². The largest absolute Gasteiger partial charge is 0.464 e. The fourth-order valence-electron chi connectivity index (χ4n) is 7.98. The lowest BCUT2D eigenvalue weighted by Gasteiger charge is -2.22. The van der Waals surface area contributed by atoms with Gasteiger partial charge in [0.2, 0.25) is 0 Å². The second kappa shape index (κ2) is 12.0. The minimum absolute atomic E-state index is 0.102. The highest BCUT2D eigenvalue weighted by Gasteiger charge is 2.37. The van der Waals surface area contributed by atoms with Crippen molar-refractivity contribution < 1.29 is 18.4 Å².